The van der Waals surface area contributed by atoms with Crippen LogP contribution in [0.2, 0.25) is 0 Å². The van der Waals surface area contributed by atoms with E-state index in [-0.39, 0.29) is 10.6 Å². The molecule has 2 aliphatic rings. The van der Waals surface area contributed by atoms with Crippen LogP contribution in [-0.2, 0) is 10.0 Å². The molecule has 8 heteroatoms. The summed E-state index contributed by atoms with van der Waals surface area (Å²) in [7, 11) is -3.79. The van der Waals surface area contributed by atoms with Gasteiger partial charge >= 0.3 is 0 Å². The lowest BCUT2D eigenvalue weighted by Gasteiger charge is -2.17. The molecule has 3 rings (SSSR count). The van der Waals surface area contributed by atoms with Gasteiger partial charge in [0.15, 0.2) is 4.90 Å². The number of benzene rings is 1. The maximum Gasteiger partial charge on any atom is 0.289 e. The Hall–Kier alpha value is -1.51. The lowest BCUT2D eigenvalue weighted by Crippen LogP contribution is -2.32. The number of nitrogens with one attached hydrogen (secondary N) is 1. The molecule has 2 saturated heterocycles. The summed E-state index contributed by atoms with van der Waals surface area (Å²) in [5.74, 6) is 0.625. The molecule has 1 N–H and O–H groups in total. The Kier molecular flexibility index (Phi) is 3.23. The van der Waals surface area contributed by atoms with Gasteiger partial charge in [-0.05, 0) is 31.0 Å². The summed E-state index contributed by atoms with van der Waals surface area (Å²) >= 11 is 0. The third-order valence-electron chi connectivity index (χ3n) is 4.04. The SMILES string of the molecule is O=[N+]([O-])c1ccccc1S(=O)(=O)N1CC2CNCC2C1. The zero-order valence-electron chi connectivity index (χ0n) is 10.7. The van der Waals surface area contributed by atoms with Crippen molar-refractivity contribution in [2.45, 2.75) is 4.90 Å². The van der Waals surface area contributed by atoms with Gasteiger partial charge in [0.05, 0.1) is 4.92 Å². The van der Waals surface area contributed by atoms with Crippen LogP contribution in [-0.4, -0.2) is 43.8 Å². The number of nitro benzene ring substituents is 1. The topological polar surface area (TPSA) is 92.5 Å². The summed E-state index contributed by atoms with van der Waals surface area (Å²) in [6.07, 6.45) is 0. The van der Waals surface area contributed by atoms with Crippen LogP contribution >= 0.6 is 0 Å². The summed E-state index contributed by atoms with van der Waals surface area (Å²) < 4.78 is 26.6. The Morgan fingerprint density at radius 2 is 1.80 bits per heavy atom. The summed E-state index contributed by atoms with van der Waals surface area (Å²) in [4.78, 5) is 10.1. The van der Waals surface area contributed by atoms with Crippen molar-refractivity contribution >= 4 is 15.7 Å². The van der Waals surface area contributed by atoms with E-state index in [1.54, 1.807) is 0 Å². The van der Waals surface area contributed by atoms with Crippen LogP contribution in [0, 0.1) is 22.0 Å². The molecule has 2 heterocycles. The van der Waals surface area contributed by atoms with E-state index < -0.39 is 14.9 Å². The van der Waals surface area contributed by atoms with Crippen LogP contribution in [0.25, 0.3) is 0 Å². The predicted molar refractivity (Wildman–Crippen MR) is 71.7 cm³/mol. The maximum absolute atomic E-state index is 12.6. The van der Waals surface area contributed by atoms with E-state index in [4.69, 9.17) is 0 Å². The number of hydrogen-bond donors (Lipinski definition) is 1. The molecular formula is C12H15N3O4S. The second-order valence-corrected chi connectivity index (χ2v) is 7.13. The van der Waals surface area contributed by atoms with Crippen molar-refractivity contribution in [3.8, 4) is 0 Å². The van der Waals surface area contributed by atoms with E-state index in [9.17, 15) is 18.5 Å². The van der Waals surface area contributed by atoms with E-state index in [0.29, 0.717) is 24.9 Å². The Bertz CT molecular complexity index is 634. The molecule has 0 amide bonds. The Morgan fingerprint density at radius 3 is 2.40 bits per heavy atom. The van der Waals surface area contributed by atoms with Crippen molar-refractivity contribution in [3.05, 3.63) is 34.4 Å². The van der Waals surface area contributed by atoms with Gasteiger partial charge in [-0.15, -0.1) is 0 Å². The molecule has 7 nitrogen and oxygen atoms in total. The van der Waals surface area contributed by atoms with Crippen LogP contribution in [0.3, 0.4) is 0 Å². The second-order valence-electron chi connectivity index (χ2n) is 5.23. The number of nitro groups is 1. The van der Waals surface area contributed by atoms with Gasteiger partial charge in [-0.3, -0.25) is 10.1 Å². The minimum atomic E-state index is -3.79. The van der Waals surface area contributed by atoms with E-state index in [1.165, 1.54) is 28.6 Å². The molecular weight excluding hydrogens is 282 g/mol. The molecule has 108 valence electrons. The van der Waals surface area contributed by atoms with Crippen molar-refractivity contribution < 1.29 is 13.3 Å². The fourth-order valence-corrected chi connectivity index (χ4v) is 4.68. The van der Waals surface area contributed by atoms with Crippen LogP contribution in [0.4, 0.5) is 5.69 Å². The highest BCUT2D eigenvalue weighted by Crippen LogP contribution is 2.33. The molecule has 2 atom stereocenters. The molecule has 0 spiro atoms. The van der Waals surface area contributed by atoms with E-state index in [1.807, 2.05) is 0 Å². The van der Waals surface area contributed by atoms with Gasteiger partial charge in [-0.25, -0.2) is 8.42 Å². The van der Waals surface area contributed by atoms with Crippen LogP contribution < -0.4 is 5.32 Å². The average molecular weight is 297 g/mol. The van der Waals surface area contributed by atoms with Gasteiger partial charge in [0.2, 0.25) is 10.0 Å². The Morgan fingerprint density at radius 1 is 1.20 bits per heavy atom. The van der Waals surface area contributed by atoms with Gasteiger partial charge in [-0.1, -0.05) is 12.1 Å². The number of para-hydroxylation sites is 1. The smallest absolute Gasteiger partial charge is 0.289 e. The molecule has 0 saturated carbocycles. The highest BCUT2D eigenvalue weighted by Gasteiger charge is 2.43. The normalized spacial score (nSPS) is 26.6. The van der Waals surface area contributed by atoms with Crippen LogP contribution in [0.5, 0.6) is 0 Å². The first-order valence-electron chi connectivity index (χ1n) is 6.44. The standard InChI is InChI=1S/C12H15N3O4S/c16-15(17)11-3-1-2-4-12(11)20(18,19)14-7-9-5-13-6-10(9)8-14/h1-4,9-10,13H,5-8H2. The first-order valence-corrected chi connectivity index (χ1v) is 7.88. The lowest BCUT2D eigenvalue weighted by molar-refractivity contribution is -0.387. The van der Waals surface area contributed by atoms with E-state index >= 15 is 0 Å². The molecule has 0 bridgehead atoms. The minimum Gasteiger partial charge on any atom is -0.316 e. The molecule has 1 aromatic rings. The number of nitrogens with zero attached hydrogens (tertiary/aromatic N) is 2. The van der Waals surface area contributed by atoms with Crippen molar-refractivity contribution in [3.63, 3.8) is 0 Å². The number of sulfonamides is 1. The lowest BCUT2D eigenvalue weighted by atomic mass is 10.0. The second kappa shape index (κ2) is 4.80. The molecule has 0 aromatic heterocycles. The van der Waals surface area contributed by atoms with Gasteiger partial charge in [0.1, 0.15) is 0 Å². The highest BCUT2D eigenvalue weighted by molar-refractivity contribution is 7.89. The quantitative estimate of drug-likeness (QED) is 0.645. The fourth-order valence-electron chi connectivity index (χ4n) is 2.97. The monoisotopic (exact) mass is 297 g/mol. The zero-order chi connectivity index (χ0) is 14.3. The third-order valence-corrected chi connectivity index (χ3v) is 5.91. The average Bonchev–Trinajstić information content (AvgIpc) is 2.99. The molecule has 0 radical (unpaired) electrons. The van der Waals surface area contributed by atoms with Crippen molar-refractivity contribution in [2.24, 2.45) is 11.8 Å². The van der Waals surface area contributed by atoms with E-state index in [0.717, 1.165) is 13.1 Å². The maximum atomic E-state index is 12.6. The largest absolute Gasteiger partial charge is 0.316 e. The van der Waals surface area contributed by atoms with Crippen LogP contribution in [0.15, 0.2) is 29.2 Å². The van der Waals surface area contributed by atoms with Gasteiger partial charge in [-0.2, -0.15) is 4.31 Å². The first kappa shape index (κ1) is 13.5. The van der Waals surface area contributed by atoms with Crippen LogP contribution in [0.1, 0.15) is 0 Å². The van der Waals surface area contributed by atoms with Crippen molar-refractivity contribution in [2.75, 3.05) is 26.2 Å². The number of hydrogen-bond acceptors (Lipinski definition) is 5. The molecule has 0 aliphatic carbocycles. The summed E-state index contributed by atoms with van der Waals surface area (Å²) in [6, 6.07) is 5.52. The Labute approximate surface area is 116 Å². The summed E-state index contributed by atoms with van der Waals surface area (Å²) in [6.45, 7) is 2.50. The fraction of sp³-hybridized carbons (Fsp3) is 0.500. The summed E-state index contributed by atoms with van der Waals surface area (Å²) in [5.41, 5.74) is -0.359. The zero-order valence-corrected chi connectivity index (χ0v) is 11.5. The van der Waals surface area contributed by atoms with Crippen molar-refractivity contribution in [1.29, 1.82) is 0 Å². The van der Waals surface area contributed by atoms with Crippen molar-refractivity contribution in [1.82, 2.24) is 9.62 Å². The minimum absolute atomic E-state index is 0.210. The molecule has 1 aromatic carbocycles. The van der Waals surface area contributed by atoms with E-state index in [2.05, 4.69) is 5.32 Å². The number of fused-ring (bicyclic) bond motifs is 1. The molecule has 2 unspecified atom stereocenters. The number of rotatable bonds is 3. The van der Waals surface area contributed by atoms with Gasteiger partial charge in [0, 0.05) is 19.2 Å². The summed E-state index contributed by atoms with van der Waals surface area (Å²) in [5, 5.41) is 14.2. The molecule has 20 heavy (non-hydrogen) atoms. The first-order chi connectivity index (χ1) is 9.50. The Balaban J connectivity index is 1.95. The molecule has 2 fully saturated rings. The molecule has 2 aliphatic heterocycles. The third kappa shape index (κ3) is 2.09. The van der Waals surface area contributed by atoms with Gasteiger partial charge in [0.25, 0.3) is 5.69 Å². The highest BCUT2D eigenvalue weighted by atomic mass is 32.2. The van der Waals surface area contributed by atoms with Gasteiger partial charge < -0.3 is 5.32 Å². The predicted octanol–water partition coefficient (Wildman–Crippen LogP) is 0.435.